The normalized spacial score (nSPS) is 19.4. The average Bonchev–Trinajstić information content (AvgIpc) is 3.08. The quantitative estimate of drug-likeness (QED) is 0.607. The first-order chi connectivity index (χ1) is 13.0. The van der Waals surface area contributed by atoms with Gasteiger partial charge in [-0.15, -0.1) is 21.5 Å². The van der Waals surface area contributed by atoms with Gasteiger partial charge in [0.1, 0.15) is 10.2 Å². The molecule has 1 saturated carbocycles. The minimum Gasteiger partial charge on any atom is -0.326 e. The lowest BCUT2D eigenvalue weighted by Crippen LogP contribution is -2.41. The maximum absolute atomic E-state index is 12.9. The monoisotopic (exact) mass is 440 g/mol. The predicted octanol–water partition coefficient (Wildman–Crippen LogP) is 4.26. The number of hydrogen-bond acceptors (Lipinski definition) is 7. The highest BCUT2D eigenvalue weighted by molar-refractivity contribution is 7.18. The van der Waals surface area contributed by atoms with Crippen molar-refractivity contribution in [3.05, 3.63) is 32.0 Å². The lowest BCUT2D eigenvalue weighted by Gasteiger charge is -2.33. The molecule has 1 atom stereocenters. The van der Waals surface area contributed by atoms with Crippen LogP contribution in [0.25, 0.3) is 10.8 Å². The van der Waals surface area contributed by atoms with Gasteiger partial charge >= 0.3 is 0 Å². The van der Waals surface area contributed by atoms with Crippen molar-refractivity contribution in [2.75, 3.05) is 6.54 Å². The molecule has 0 spiro atoms. The Morgan fingerprint density at radius 2 is 2.07 bits per heavy atom. The van der Waals surface area contributed by atoms with E-state index in [2.05, 4.69) is 19.6 Å². The summed E-state index contributed by atoms with van der Waals surface area (Å²) in [5.41, 5.74) is 0. The molecule has 0 unspecified atom stereocenters. The molecule has 3 aromatic heterocycles. The SMILES string of the molecule is C[C@@H]1c2nnc(-c3nc(C4CC4)ns3)n2CCN1C(=O)c1cc(Cl)c(Cl)s1. The van der Waals surface area contributed by atoms with Gasteiger partial charge in [-0.2, -0.15) is 4.37 Å². The Hall–Kier alpha value is -1.55. The molecular weight excluding hydrogens is 427 g/mol. The third kappa shape index (κ3) is 2.97. The second kappa shape index (κ2) is 6.51. The van der Waals surface area contributed by atoms with Gasteiger partial charge in [-0.3, -0.25) is 4.79 Å². The maximum atomic E-state index is 12.9. The number of carbonyl (C=O) groups excluding carboxylic acids is 1. The van der Waals surface area contributed by atoms with E-state index in [9.17, 15) is 4.79 Å². The van der Waals surface area contributed by atoms with E-state index in [-0.39, 0.29) is 11.9 Å². The summed E-state index contributed by atoms with van der Waals surface area (Å²) in [5.74, 6) is 2.82. The zero-order valence-corrected chi connectivity index (χ0v) is 17.4. The molecule has 27 heavy (non-hydrogen) atoms. The van der Waals surface area contributed by atoms with Gasteiger partial charge in [-0.25, -0.2) is 4.98 Å². The first-order valence-corrected chi connectivity index (χ1v) is 10.9. The van der Waals surface area contributed by atoms with Crippen LogP contribution in [0.3, 0.4) is 0 Å². The van der Waals surface area contributed by atoms with Crippen LogP contribution in [-0.4, -0.2) is 41.5 Å². The summed E-state index contributed by atoms with van der Waals surface area (Å²) in [6, 6.07) is 1.41. The summed E-state index contributed by atoms with van der Waals surface area (Å²) >= 11 is 14.6. The van der Waals surface area contributed by atoms with E-state index in [1.807, 2.05) is 11.5 Å². The van der Waals surface area contributed by atoms with Crippen LogP contribution in [0, 0.1) is 0 Å². The Bertz CT molecular complexity index is 1020. The maximum Gasteiger partial charge on any atom is 0.264 e. The lowest BCUT2D eigenvalue weighted by molar-refractivity contribution is 0.0643. The van der Waals surface area contributed by atoms with E-state index >= 15 is 0 Å². The average molecular weight is 441 g/mol. The van der Waals surface area contributed by atoms with Gasteiger partial charge in [0.2, 0.25) is 0 Å². The Labute approximate surface area is 173 Å². The van der Waals surface area contributed by atoms with Crippen molar-refractivity contribution in [2.45, 2.75) is 38.3 Å². The van der Waals surface area contributed by atoms with Crippen molar-refractivity contribution in [1.29, 1.82) is 0 Å². The van der Waals surface area contributed by atoms with Gasteiger partial charge in [0, 0.05) is 19.0 Å². The fraction of sp³-hybridized carbons (Fsp3) is 0.438. The third-order valence-corrected chi connectivity index (χ3v) is 7.46. The largest absolute Gasteiger partial charge is 0.326 e. The van der Waals surface area contributed by atoms with Crippen molar-refractivity contribution < 1.29 is 4.79 Å². The van der Waals surface area contributed by atoms with E-state index < -0.39 is 0 Å². The minimum atomic E-state index is -0.206. The van der Waals surface area contributed by atoms with Gasteiger partial charge in [-0.05, 0) is 37.4 Å². The second-order valence-corrected chi connectivity index (χ2v) is 9.49. The van der Waals surface area contributed by atoms with Crippen molar-refractivity contribution >= 4 is 52.0 Å². The van der Waals surface area contributed by atoms with E-state index in [1.54, 1.807) is 11.0 Å². The van der Waals surface area contributed by atoms with Crippen LogP contribution in [-0.2, 0) is 6.54 Å². The Balaban J connectivity index is 1.43. The molecule has 11 heteroatoms. The number of thiophene rings is 1. The fourth-order valence-corrected chi connectivity index (χ4v) is 5.31. The van der Waals surface area contributed by atoms with E-state index in [4.69, 9.17) is 23.2 Å². The molecule has 0 aromatic carbocycles. The molecule has 1 fully saturated rings. The molecule has 0 bridgehead atoms. The first-order valence-electron chi connectivity index (χ1n) is 8.56. The van der Waals surface area contributed by atoms with Crippen molar-refractivity contribution in [3.63, 3.8) is 0 Å². The Kier molecular flexibility index (Phi) is 4.23. The van der Waals surface area contributed by atoms with Crippen LogP contribution < -0.4 is 0 Å². The number of hydrogen-bond donors (Lipinski definition) is 0. The molecule has 7 nitrogen and oxygen atoms in total. The number of halogens is 2. The molecule has 4 heterocycles. The standard InChI is InChI=1S/C16H14Cl2N6OS2/c1-7-13-20-21-14(15-19-12(22-27-15)8-2-3-8)24(13)5-4-23(7)16(25)10-6-9(17)11(18)26-10/h6-8H,2-5H2,1H3/t7-/m1/s1. The summed E-state index contributed by atoms with van der Waals surface area (Å²) in [4.78, 5) is 19.8. The van der Waals surface area contributed by atoms with E-state index in [0.717, 1.165) is 22.5 Å². The predicted molar refractivity (Wildman–Crippen MR) is 105 cm³/mol. The van der Waals surface area contributed by atoms with Crippen molar-refractivity contribution in [2.24, 2.45) is 0 Å². The van der Waals surface area contributed by atoms with Crippen LogP contribution >= 0.6 is 46.1 Å². The van der Waals surface area contributed by atoms with Crippen LogP contribution in [0.1, 0.15) is 53.0 Å². The molecule has 0 saturated heterocycles. The highest BCUT2D eigenvalue weighted by atomic mass is 35.5. The molecule has 1 amide bonds. The van der Waals surface area contributed by atoms with Crippen molar-refractivity contribution in [1.82, 2.24) is 29.0 Å². The number of carbonyl (C=O) groups is 1. The molecule has 0 N–H and O–H groups in total. The summed E-state index contributed by atoms with van der Waals surface area (Å²) < 4.78 is 6.93. The molecule has 3 aromatic rings. The molecule has 2 aliphatic rings. The Morgan fingerprint density at radius 3 is 2.78 bits per heavy atom. The van der Waals surface area contributed by atoms with Gasteiger partial charge in [0.25, 0.3) is 5.91 Å². The zero-order chi connectivity index (χ0) is 18.7. The number of fused-ring (bicyclic) bond motifs is 1. The van der Waals surface area contributed by atoms with Gasteiger partial charge < -0.3 is 9.47 Å². The molecular formula is C16H14Cl2N6OS2. The van der Waals surface area contributed by atoms with E-state index in [1.165, 1.54) is 35.7 Å². The molecule has 1 aliphatic heterocycles. The summed E-state index contributed by atoms with van der Waals surface area (Å²) in [6.07, 6.45) is 2.33. The highest BCUT2D eigenvalue weighted by Crippen LogP contribution is 2.40. The molecule has 1 aliphatic carbocycles. The number of amides is 1. The van der Waals surface area contributed by atoms with Crippen LogP contribution in [0.5, 0.6) is 0 Å². The topological polar surface area (TPSA) is 76.8 Å². The van der Waals surface area contributed by atoms with Crippen molar-refractivity contribution in [3.8, 4) is 10.8 Å². The lowest BCUT2D eigenvalue weighted by atomic mass is 10.2. The van der Waals surface area contributed by atoms with Gasteiger partial charge in [-0.1, -0.05) is 23.2 Å². The summed E-state index contributed by atoms with van der Waals surface area (Å²) in [6.45, 7) is 3.12. The van der Waals surface area contributed by atoms with E-state index in [0.29, 0.717) is 33.2 Å². The minimum absolute atomic E-state index is 0.0935. The number of aromatic nitrogens is 5. The number of nitrogens with zero attached hydrogens (tertiary/aromatic N) is 6. The first kappa shape index (κ1) is 17.5. The van der Waals surface area contributed by atoms with Gasteiger partial charge in [0.05, 0.1) is 15.9 Å². The Morgan fingerprint density at radius 1 is 1.26 bits per heavy atom. The highest BCUT2D eigenvalue weighted by Gasteiger charge is 2.34. The molecule has 5 rings (SSSR count). The zero-order valence-electron chi connectivity index (χ0n) is 14.2. The summed E-state index contributed by atoms with van der Waals surface area (Å²) in [7, 11) is 0. The van der Waals surface area contributed by atoms with Gasteiger partial charge in [0.15, 0.2) is 16.7 Å². The molecule has 140 valence electrons. The third-order valence-electron chi connectivity index (χ3n) is 4.88. The van der Waals surface area contributed by atoms with Crippen LogP contribution in [0.2, 0.25) is 9.36 Å². The summed E-state index contributed by atoms with van der Waals surface area (Å²) in [5, 5.41) is 9.88. The van der Waals surface area contributed by atoms with Crippen LogP contribution in [0.15, 0.2) is 6.07 Å². The second-order valence-electron chi connectivity index (χ2n) is 6.67. The smallest absolute Gasteiger partial charge is 0.264 e. The molecule has 0 radical (unpaired) electrons. The number of rotatable bonds is 3. The van der Waals surface area contributed by atoms with Crippen LogP contribution in [0.4, 0.5) is 0 Å². The fourth-order valence-electron chi connectivity index (χ4n) is 3.25.